The van der Waals surface area contributed by atoms with E-state index in [1.54, 1.807) is 0 Å². The fraction of sp³-hybridized carbons (Fsp3) is 0.263. The summed E-state index contributed by atoms with van der Waals surface area (Å²) in [6.07, 6.45) is 0. The van der Waals surface area contributed by atoms with Gasteiger partial charge in [0.2, 0.25) is 0 Å². The molecule has 0 fully saturated rings. The maximum atomic E-state index is 12.2. The van der Waals surface area contributed by atoms with Crippen LogP contribution in [0.5, 0.6) is 0 Å². The number of hydrogen-bond donors (Lipinski definition) is 1. The smallest absolute Gasteiger partial charge is 0.271 e. The molecule has 0 unspecified atom stereocenters. The lowest BCUT2D eigenvalue weighted by atomic mass is 10.1. The first-order valence-corrected chi connectivity index (χ1v) is 8.80. The Hall–Kier alpha value is -2.14. The number of anilines is 1. The molecule has 0 aromatic heterocycles. The van der Waals surface area contributed by atoms with Crippen molar-refractivity contribution in [2.75, 3.05) is 18.0 Å². The van der Waals surface area contributed by atoms with Crippen molar-refractivity contribution in [3.05, 3.63) is 64.1 Å². The Morgan fingerprint density at radius 3 is 2.29 bits per heavy atom. The zero-order valence-electron chi connectivity index (χ0n) is 14.2. The van der Waals surface area contributed by atoms with Crippen molar-refractivity contribution in [1.82, 2.24) is 5.43 Å². The zero-order valence-corrected chi connectivity index (χ0v) is 15.8. The van der Waals surface area contributed by atoms with E-state index in [1.165, 1.54) is 0 Å². The summed E-state index contributed by atoms with van der Waals surface area (Å²) in [5.74, 6) is -0.215. The summed E-state index contributed by atoms with van der Waals surface area (Å²) in [6.45, 7) is 7.98. The fourth-order valence-corrected chi connectivity index (χ4v) is 3.00. The molecule has 0 aliphatic heterocycles. The van der Waals surface area contributed by atoms with Gasteiger partial charge in [-0.3, -0.25) is 4.79 Å². The van der Waals surface area contributed by atoms with Crippen LogP contribution in [-0.4, -0.2) is 24.7 Å². The second-order valence-electron chi connectivity index (χ2n) is 5.34. The van der Waals surface area contributed by atoms with Crippen molar-refractivity contribution in [3.8, 4) is 0 Å². The number of nitrogens with zero attached hydrogens (tertiary/aromatic N) is 2. The Bertz CT molecular complexity index is 722. The van der Waals surface area contributed by atoms with E-state index in [0.717, 1.165) is 34.5 Å². The van der Waals surface area contributed by atoms with Gasteiger partial charge in [-0.05, 0) is 51.1 Å². The Morgan fingerprint density at radius 1 is 1.08 bits per heavy atom. The van der Waals surface area contributed by atoms with Crippen LogP contribution >= 0.6 is 15.9 Å². The molecule has 1 N–H and O–H groups in total. The molecule has 0 atom stereocenters. The molecule has 2 aromatic carbocycles. The molecule has 126 valence electrons. The van der Waals surface area contributed by atoms with Gasteiger partial charge < -0.3 is 4.90 Å². The molecule has 0 saturated carbocycles. The number of benzene rings is 2. The topological polar surface area (TPSA) is 44.7 Å². The van der Waals surface area contributed by atoms with E-state index >= 15 is 0 Å². The highest BCUT2D eigenvalue weighted by Gasteiger charge is 2.08. The second-order valence-corrected chi connectivity index (χ2v) is 6.19. The summed E-state index contributed by atoms with van der Waals surface area (Å²) in [5.41, 5.74) is 6.02. The second kappa shape index (κ2) is 8.64. The molecule has 0 saturated heterocycles. The monoisotopic (exact) mass is 387 g/mol. The average Bonchev–Trinajstić information content (AvgIpc) is 2.61. The Morgan fingerprint density at radius 2 is 1.71 bits per heavy atom. The van der Waals surface area contributed by atoms with Gasteiger partial charge in [-0.2, -0.15) is 5.10 Å². The van der Waals surface area contributed by atoms with Crippen molar-refractivity contribution in [3.63, 3.8) is 0 Å². The molecule has 0 spiro atoms. The number of carbonyl (C=O) groups excluding carboxylic acids is 1. The molecule has 2 rings (SSSR count). The summed E-state index contributed by atoms with van der Waals surface area (Å²) < 4.78 is 0.948. The lowest BCUT2D eigenvalue weighted by Crippen LogP contribution is -2.22. The van der Waals surface area contributed by atoms with E-state index in [1.807, 2.05) is 55.5 Å². The predicted molar refractivity (Wildman–Crippen MR) is 104 cm³/mol. The molecule has 1 amide bonds. The highest BCUT2D eigenvalue weighted by atomic mass is 79.9. The lowest BCUT2D eigenvalue weighted by Gasteiger charge is -2.20. The summed E-state index contributed by atoms with van der Waals surface area (Å²) in [6, 6.07) is 15.4. The van der Waals surface area contributed by atoms with Gasteiger partial charge in [-0.25, -0.2) is 5.43 Å². The van der Waals surface area contributed by atoms with Gasteiger partial charge in [-0.1, -0.05) is 34.1 Å². The Balaban J connectivity index is 2.07. The highest BCUT2D eigenvalue weighted by molar-refractivity contribution is 9.10. The van der Waals surface area contributed by atoms with E-state index in [4.69, 9.17) is 0 Å². The number of rotatable bonds is 6. The fourth-order valence-electron chi connectivity index (χ4n) is 2.43. The molecule has 5 heteroatoms. The largest absolute Gasteiger partial charge is 0.372 e. The van der Waals surface area contributed by atoms with Crippen molar-refractivity contribution >= 4 is 33.2 Å². The van der Waals surface area contributed by atoms with Gasteiger partial charge in [0.25, 0.3) is 5.91 Å². The first kappa shape index (κ1) is 18.2. The van der Waals surface area contributed by atoms with E-state index < -0.39 is 0 Å². The van der Waals surface area contributed by atoms with Gasteiger partial charge in [0.05, 0.1) is 5.71 Å². The Labute approximate surface area is 151 Å². The van der Waals surface area contributed by atoms with Gasteiger partial charge in [0.15, 0.2) is 0 Å². The van der Waals surface area contributed by atoms with Crippen LogP contribution in [0.2, 0.25) is 0 Å². The molecule has 0 radical (unpaired) electrons. The minimum atomic E-state index is -0.215. The first-order chi connectivity index (χ1) is 11.6. The van der Waals surface area contributed by atoms with Crippen LogP contribution in [-0.2, 0) is 0 Å². The van der Waals surface area contributed by atoms with Gasteiger partial charge >= 0.3 is 0 Å². The maximum Gasteiger partial charge on any atom is 0.271 e. The predicted octanol–water partition coefficient (Wildman–Crippen LogP) is 4.45. The van der Waals surface area contributed by atoms with Crippen LogP contribution in [0.15, 0.2) is 58.1 Å². The molecule has 2 aromatic rings. The summed E-state index contributed by atoms with van der Waals surface area (Å²) in [5, 5.41) is 4.20. The molecule has 0 bridgehead atoms. The van der Waals surface area contributed by atoms with Gasteiger partial charge in [0.1, 0.15) is 0 Å². The standard InChI is InChI=1S/C19H22BrN3O/c1-4-23(5-2)16-12-10-15(11-13-16)19(24)22-21-14(3)17-8-6-7-9-18(17)20/h6-13H,4-5H2,1-3H3,(H,22,24)/b21-14-. The third-order valence-electron chi connectivity index (χ3n) is 3.85. The van der Waals surface area contributed by atoms with Gasteiger partial charge in [-0.15, -0.1) is 0 Å². The third-order valence-corrected chi connectivity index (χ3v) is 4.54. The molecular formula is C19H22BrN3O. The SMILES string of the molecule is CCN(CC)c1ccc(C(=O)N/N=C(/C)c2ccccc2Br)cc1. The van der Waals surface area contributed by atoms with Crippen molar-refractivity contribution in [1.29, 1.82) is 0 Å². The number of carbonyl (C=O) groups is 1. The van der Waals surface area contributed by atoms with Crippen molar-refractivity contribution < 1.29 is 4.79 Å². The number of hydrogen-bond acceptors (Lipinski definition) is 3. The zero-order chi connectivity index (χ0) is 17.5. The average molecular weight is 388 g/mol. The van der Waals surface area contributed by atoms with E-state index in [2.05, 4.69) is 45.2 Å². The van der Waals surface area contributed by atoms with Crippen LogP contribution in [0.1, 0.15) is 36.7 Å². The number of hydrazone groups is 1. The quantitative estimate of drug-likeness (QED) is 0.587. The van der Waals surface area contributed by atoms with E-state index in [0.29, 0.717) is 5.56 Å². The van der Waals surface area contributed by atoms with Crippen LogP contribution in [0.25, 0.3) is 0 Å². The van der Waals surface area contributed by atoms with Gasteiger partial charge in [0, 0.05) is 34.4 Å². The summed E-state index contributed by atoms with van der Waals surface area (Å²) >= 11 is 3.49. The van der Waals surface area contributed by atoms with E-state index in [-0.39, 0.29) is 5.91 Å². The van der Waals surface area contributed by atoms with Crippen LogP contribution in [0, 0.1) is 0 Å². The first-order valence-electron chi connectivity index (χ1n) is 8.01. The molecule has 0 heterocycles. The minimum Gasteiger partial charge on any atom is -0.372 e. The minimum absolute atomic E-state index is 0.215. The molecule has 0 aliphatic rings. The molecule has 24 heavy (non-hydrogen) atoms. The molecule has 0 aliphatic carbocycles. The maximum absolute atomic E-state index is 12.2. The lowest BCUT2D eigenvalue weighted by molar-refractivity contribution is 0.0955. The van der Waals surface area contributed by atoms with E-state index in [9.17, 15) is 4.79 Å². The van der Waals surface area contributed by atoms with Crippen molar-refractivity contribution in [2.24, 2.45) is 5.10 Å². The molecular weight excluding hydrogens is 366 g/mol. The number of halogens is 1. The highest BCUT2D eigenvalue weighted by Crippen LogP contribution is 2.17. The van der Waals surface area contributed by atoms with Crippen LogP contribution in [0.3, 0.4) is 0 Å². The summed E-state index contributed by atoms with van der Waals surface area (Å²) in [4.78, 5) is 14.5. The Kier molecular flexibility index (Phi) is 6.55. The summed E-state index contributed by atoms with van der Waals surface area (Å²) in [7, 11) is 0. The van der Waals surface area contributed by atoms with Crippen LogP contribution in [0.4, 0.5) is 5.69 Å². The van der Waals surface area contributed by atoms with Crippen molar-refractivity contribution in [2.45, 2.75) is 20.8 Å². The number of amides is 1. The van der Waals surface area contributed by atoms with Crippen LogP contribution < -0.4 is 10.3 Å². The normalized spacial score (nSPS) is 11.2. The third kappa shape index (κ3) is 4.45. The number of nitrogens with one attached hydrogen (secondary N) is 1. The molecule has 4 nitrogen and oxygen atoms in total.